The van der Waals surface area contributed by atoms with Gasteiger partial charge in [0.05, 0.1) is 0 Å². The molecule has 2 rings (SSSR count). The molecule has 16 heavy (non-hydrogen) atoms. The molecule has 0 amide bonds. The Bertz CT molecular complexity index is 526. The standard InChI is InChI=1S/C12H9ClN2O/c13-8-4-5-9(10(14)7-8)12(16)11-3-1-2-6-15-11/h1-7H,14H2. The van der Waals surface area contributed by atoms with Gasteiger partial charge < -0.3 is 5.73 Å². The van der Waals surface area contributed by atoms with Gasteiger partial charge in [0, 0.05) is 22.5 Å². The van der Waals surface area contributed by atoms with E-state index < -0.39 is 0 Å². The predicted molar refractivity (Wildman–Crippen MR) is 63.5 cm³/mol. The third-order valence-electron chi connectivity index (χ3n) is 2.16. The Morgan fingerprint density at radius 1 is 1.25 bits per heavy atom. The summed E-state index contributed by atoms with van der Waals surface area (Å²) < 4.78 is 0. The first-order valence-electron chi connectivity index (χ1n) is 4.69. The second-order valence-corrected chi connectivity index (χ2v) is 3.71. The van der Waals surface area contributed by atoms with Gasteiger partial charge >= 0.3 is 0 Å². The number of pyridine rings is 1. The minimum atomic E-state index is -0.199. The first-order chi connectivity index (χ1) is 7.68. The summed E-state index contributed by atoms with van der Waals surface area (Å²) in [7, 11) is 0. The Balaban J connectivity index is 2.42. The van der Waals surface area contributed by atoms with Crippen LogP contribution in [0.1, 0.15) is 16.1 Å². The van der Waals surface area contributed by atoms with E-state index in [9.17, 15) is 4.79 Å². The molecule has 0 saturated heterocycles. The molecule has 0 saturated carbocycles. The van der Waals surface area contributed by atoms with Crippen molar-refractivity contribution in [3.05, 3.63) is 58.9 Å². The number of benzene rings is 1. The molecule has 0 unspecified atom stereocenters. The maximum atomic E-state index is 12.0. The summed E-state index contributed by atoms with van der Waals surface area (Å²) in [6.07, 6.45) is 1.57. The van der Waals surface area contributed by atoms with Crippen molar-refractivity contribution >= 4 is 23.1 Å². The minimum absolute atomic E-state index is 0.199. The van der Waals surface area contributed by atoms with Crippen molar-refractivity contribution in [3.63, 3.8) is 0 Å². The average Bonchev–Trinajstić information content (AvgIpc) is 2.29. The van der Waals surface area contributed by atoms with E-state index >= 15 is 0 Å². The summed E-state index contributed by atoms with van der Waals surface area (Å²) in [4.78, 5) is 16.0. The molecule has 2 N–H and O–H groups in total. The number of ketones is 1. The number of carbonyl (C=O) groups excluding carboxylic acids is 1. The number of anilines is 1. The molecular formula is C12H9ClN2O. The van der Waals surface area contributed by atoms with Crippen LogP contribution < -0.4 is 5.73 Å². The summed E-state index contributed by atoms with van der Waals surface area (Å²) in [6.45, 7) is 0. The van der Waals surface area contributed by atoms with Crippen LogP contribution in [0.2, 0.25) is 5.02 Å². The topological polar surface area (TPSA) is 56.0 Å². The summed E-state index contributed by atoms with van der Waals surface area (Å²) in [5.41, 5.74) is 6.88. The molecule has 3 nitrogen and oxygen atoms in total. The number of hydrogen-bond acceptors (Lipinski definition) is 3. The zero-order chi connectivity index (χ0) is 11.5. The summed E-state index contributed by atoms with van der Waals surface area (Å²) in [5, 5.41) is 0.509. The van der Waals surface area contributed by atoms with E-state index in [0.717, 1.165) is 0 Å². The maximum Gasteiger partial charge on any atom is 0.213 e. The lowest BCUT2D eigenvalue weighted by atomic mass is 10.1. The molecule has 0 spiro atoms. The van der Waals surface area contributed by atoms with E-state index in [1.165, 1.54) is 0 Å². The highest BCUT2D eigenvalue weighted by Crippen LogP contribution is 2.20. The largest absolute Gasteiger partial charge is 0.398 e. The van der Waals surface area contributed by atoms with Gasteiger partial charge in [-0.15, -0.1) is 0 Å². The molecule has 0 bridgehead atoms. The Labute approximate surface area is 97.9 Å². The highest BCUT2D eigenvalue weighted by atomic mass is 35.5. The fourth-order valence-corrected chi connectivity index (χ4v) is 1.56. The lowest BCUT2D eigenvalue weighted by Gasteiger charge is -2.04. The quantitative estimate of drug-likeness (QED) is 0.640. The monoisotopic (exact) mass is 232 g/mol. The molecule has 0 fully saturated rings. The van der Waals surface area contributed by atoms with Crippen molar-refractivity contribution in [3.8, 4) is 0 Å². The lowest BCUT2D eigenvalue weighted by Crippen LogP contribution is -2.06. The van der Waals surface area contributed by atoms with Gasteiger partial charge in [-0.25, -0.2) is 0 Å². The van der Waals surface area contributed by atoms with Gasteiger partial charge in [0.2, 0.25) is 5.78 Å². The fraction of sp³-hybridized carbons (Fsp3) is 0. The zero-order valence-corrected chi connectivity index (χ0v) is 9.11. The van der Waals surface area contributed by atoms with Crippen molar-refractivity contribution in [2.24, 2.45) is 0 Å². The Kier molecular flexibility index (Phi) is 2.88. The van der Waals surface area contributed by atoms with Crippen molar-refractivity contribution < 1.29 is 4.79 Å². The predicted octanol–water partition coefficient (Wildman–Crippen LogP) is 2.55. The van der Waals surface area contributed by atoms with Gasteiger partial charge in [0.25, 0.3) is 0 Å². The van der Waals surface area contributed by atoms with Crippen LogP contribution in [0.25, 0.3) is 0 Å². The van der Waals surface area contributed by atoms with Crippen LogP contribution in [0.15, 0.2) is 42.6 Å². The maximum absolute atomic E-state index is 12.0. The molecule has 1 aromatic carbocycles. The second kappa shape index (κ2) is 4.33. The molecule has 1 heterocycles. The smallest absolute Gasteiger partial charge is 0.213 e. The van der Waals surface area contributed by atoms with Crippen LogP contribution in [0.3, 0.4) is 0 Å². The zero-order valence-electron chi connectivity index (χ0n) is 8.35. The first-order valence-corrected chi connectivity index (χ1v) is 5.07. The fourth-order valence-electron chi connectivity index (χ4n) is 1.38. The SMILES string of the molecule is Nc1cc(Cl)ccc1C(=O)c1ccccn1. The van der Waals surface area contributed by atoms with Crippen LogP contribution in [-0.4, -0.2) is 10.8 Å². The van der Waals surface area contributed by atoms with Crippen LogP contribution in [-0.2, 0) is 0 Å². The third-order valence-corrected chi connectivity index (χ3v) is 2.39. The van der Waals surface area contributed by atoms with Gasteiger partial charge in [0.1, 0.15) is 5.69 Å². The Hall–Kier alpha value is -1.87. The van der Waals surface area contributed by atoms with Crippen molar-refractivity contribution in [2.45, 2.75) is 0 Å². The van der Waals surface area contributed by atoms with Gasteiger partial charge in [-0.2, -0.15) is 0 Å². The summed E-state index contributed by atoms with van der Waals surface area (Å²) in [5.74, 6) is -0.199. The first kappa shape index (κ1) is 10.6. The summed E-state index contributed by atoms with van der Waals surface area (Å²) in [6, 6.07) is 9.95. The highest BCUT2D eigenvalue weighted by molar-refractivity contribution is 6.31. The van der Waals surface area contributed by atoms with Crippen molar-refractivity contribution in [2.75, 3.05) is 5.73 Å². The average molecular weight is 233 g/mol. The molecule has 4 heteroatoms. The van der Waals surface area contributed by atoms with Crippen LogP contribution in [0.5, 0.6) is 0 Å². The number of hydrogen-bond donors (Lipinski definition) is 1. The second-order valence-electron chi connectivity index (χ2n) is 3.28. The number of nitrogens with two attached hydrogens (primary N) is 1. The van der Waals surface area contributed by atoms with Crippen LogP contribution in [0.4, 0.5) is 5.69 Å². The van der Waals surface area contributed by atoms with Crippen LogP contribution in [0, 0.1) is 0 Å². The molecule has 0 aliphatic carbocycles. The summed E-state index contributed by atoms with van der Waals surface area (Å²) >= 11 is 5.76. The Morgan fingerprint density at radius 2 is 2.06 bits per heavy atom. The van der Waals surface area contributed by atoms with Gasteiger partial charge in [-0.05, 0) is 30.3 Å². The van der Waals surface area contributed by atoms with E-state index in [2.05, 4.69) is 4.98 Å². The third kappa shape index (κ3) is 2.04. The normalized spacial score (nSPS) is 10.1. The van der Waals surface area contributed by atoms with Gasteiger partial charge in [0.15, 0.2) is 0 Å². The number of carbonyl (C=O) groups is 1. The van der Waals surface area contributed by atoms with E-state index in [0.29, 0.717) is 22.0 Å². The molecule has 0 aliphatic heterocycles. The van der Waals surface area contributed by atoms with Crippen LogP contribution >= 0.6 is 11.6 Å². The number of nitrogen functional groups attached to an aromatic ring is 1. The molecule has 1 aromatic heterocycles. The number of halogens is 1. The van der Waals surface area contributed by atoms with Crippen molar-refractivity contribution in [1.82, 2.24) is 4.98 Å². The minimum Gasteiger partial charge on any atom is -0.398 e. The highest BCUT2D eigenvalue weighted by Gasteiger charge is 2.12. The Morgan fingerprint density at radius 3 is 2.69 bits per heavy atom. The molecular weight excluding hydrogens is 224 g/mol. The number of aromatic nitrogens is 1. The molecule has 2 aromatic rings. The number of rotatable bonds is 2. The number of nitrogens with zero attached hydrogens (tertiary/aromatic N) is 1. The van der Waals surface area contributed by atoms with E-state index in [1.54, 1.807) is 42.6 Å². The van der Waals surface area contributed by atoms with E-state index in [4.69, 9.17) is 17.3 Å². The van der Waals surface area contributed by atoms with Crippen molar-refractivity contribution in [1.29, 1.82) is 0 Å². The van der Waals surface area contributed by atoms with Gasteiger partial charge in [-0.1, -0.05) is 17.7 Å². The van der Waals surface area contributed by atoms with Gasteiger partial charge in [-0.3, -0.25) is 9.78 Å². The van der Waals surface area contributed by atoms with E-state index in [1.807, 2.05) is 0 Å². The van der Waals surface area contributed by atoms with E-state index in [-0.39, 0.29) is 5.78 Å². The molecule has 0 radical (unpaired) electrons. The molecule has 0 atom stereocenters. The molecule has 80 valence electrons. The molecule has 0 aliphatic rings. The lowest BCUT2D eigenvalue weighted by molar-refractivity contribution is 0.103.